The molecule has 0 radical (unpaired) electrons. The van der Waals surface area contributed by atoms with Crippen molar-refractivity contribution in [2.24, 2.45) is 5.10 Å². The lowest BCUT2D eigenvalue weighted by molar-refractivity contribution is 0.0949. The number of hydrogen-bond donors (Lipinski definition) is 2. The predicted octanol–water partition coefficient (Wildman–Crippen LogP) is 3.71. The number of carbonyl (C=O) groups is 1. The summed E-state index contributed by atoms with van der Waals surface area (Å²) in [5, 5.41) is 13.7. The number of nitrogens with one attached hydrogen (secondary N) is 1. The van der Waals surface area contributed by atoms with Gasteiger partial charge in [0, 0.05) is 0 Å². The summed E-state index contributed by atoms with van der Waals surface area (Å²) in [6.45, 7) is 3.78. The van der Waals surface area contributed by atoms with E-state index in [0.717, 1.165) is 0 Å². The fourth-order valence-electron chi connectivity index (χ4n) is 2.06. The minimum atomic E-state index is -0.377. The van der Waals surface area contributed by atoms with Gasteiger partial charge in [-0.25, -0.2) is 5.43 Å². The first-order valence-electron chi connectivity index (χ1n) is 7.58. The van der Waals surface area contributed by atoms with Crippen molar-refractivity contribution in [3.8, 4) is 17.2 Å². The number of benzene rings is 2. The molecule has 0 heterocycles. The summed E-state index contributed by atoms with van der Waals surface area (Å²) >= 11 is 3.23. The smallest absolute Gasteiger partial charge is 0.275 e. The Balaban J connectivity index is 2.13. The molecule has 0 bridgehead atoms. The number of phenolic OH excluding ortho intramolecular Hbond substituents is 1. The molecule has 0 saturated heterocycles. The Labute approximate surface area is 154 Å². The maximum Gasteiger partial charge on any atom is 0.275 e. The van der Waals surface area contributed by atoms with Crippen molar-refractivity contribution in [2.75, 3.05) is 7.11 Å². The summed E-state index contributed by atoms with van der Waals surface area (Å²) in [6, 6.07) is 10.2. The number of ether oxygens (including phenoxy) is 2. The second kappa shape index (κ2) is 8.53. The van der Waals surface area contributed by atoms with Gasteiger partial charge in [-0.1, -0.05) is 12.1 Å². The Morgan fingerprint density at radius 2 is 2.00 bits per heavy atom. The highest BCUT2D eigenvalue weighted by molar-refractivity contribution is 9.10. The Morgan fingerprint density at radius 3 is 2.68 bits per heavy atom. The number of aromatic hydroxyl groups is 1. The topological polar surface area (TPSA) is 80.2 Å². The first kappa shape index (κ1) is 18.8. The van der Waals surface area contributed by atoms with Crippen molar-refractivity contribution in [1.29, 1.82) is 0 Å². The van der Waals surface area contributed by atoms with Crippen molar-refractivity contribution in [3.63, 3.8) is 0 Å². The lowest BCUT2D eigenvalue weighted by atomic mass is 10.2. The van der Waals surface area contributed by atoms with Crippen LogP contribution in [-0.4, -0.2) is 30.4 Å². The van der Waals surface area contributed by atoms with E-state index >= 15 is 0 Å². The number of methoxy groups -OCH3 is 1. The lowest BCUT2D eigenvalue weighted by Crippen LogP contribution is -2.19. The molecule has 25 heavy (non-hydrogen) atoms. The van der Waals surface area contributed by atoms with E-state index in [0.29, 0.717) is 27.1 Å². The molecule has 0 atom stereocenters. The first-order chi connectivity index (χ1) is 11.9. The van der Waals surface area contributed by atoms with E-state index in [-0.39, 0.29) is 17.8 Å². The predicted molar refractivity (Wildman–Crippen MR) is 99.6 cm³/mol. The van der Waals surface area contributed by atoms with E-state index in [1.54, 1.807) is 36.4 Å². The van der Waals surface area contributed by atoms with Crippen molar-refractivity contribution in [3.05, 3.63) is 52.0 Å². The molecule has 0 aromatic heterocycles. The molecular weight excluding hydrogens is 388 g/mol. The average molecular weight is 407 g/mol. The van der Waals surface area contributed by atoms with Gasteiger partial charge in [0.1, 0.15) is 5.75 Å². The molecule has 0 saturated carbocycles. The summed E-state index contributed by atoms with van der Waals surface area (Å²) in [7, 11) is 1.45. The van der Waals surface area contributed by atoms with E-state index < -0.39 is 0 Å². The monoisotopic (exact) mass is 406 g/mol. The summed E-state index contributed by atoms with van der Waals surface area (Å²) in [5.74, 6) is 0.429. The number of amides is 1. The molecule has 2 aromatic rings. The maximum absolute atomic E-state index is 12.3. The Bertz CT molecular complexity index is 791. The van der Waals surface area contributed by atoms with Crippen molar-refractivity contribution < 1.29 is 19.4 Å². The molecule has 0 aliphatic rings. The molecule has 132 valence electrons. The van der Waals surface area contributed by atoms with Crippen LogP contribution in [0.25, 0.3) is 0 Å². The van der Waals surface area contributed by atoms with E-state index in [2.05, 4.69) is 26.5 Å². The van der Waals surface area contributed by atoms with Crippen LogP contribution in [0, 0.1) is 0 Å². The van der Waals surface area contributed by atoms with Crippen molar-refractivity contribution in [1.82, 2.24) is 5.43 Å². The van der Waals surface area contributed by atoms with Crippen LogP contribution in [0.4, 0.5) is 0 Å². The molecule has 0 aliphatic heterocycles. The Kier molecular flexibility index (Phi) is 6.41. The third-order valence-corrected chi connectivity index (χ3v) is 3.75. The molecule has 2 aromatic carbocycles. The quantitative estimate of drug-likeness (QED) is 0.565. The lowest BCUT2D eigenvalue weighted by Gasteiger charge is -2.12. The highest BCUT2D eigenvalue weighted by Gasteiger charge is 2.12. The van der Waals surface area contributed by atoms with Gasteiger partial charge in [0.2, 0.25) is 0 Å². The fourth-order valence-corrected chi connectivity index (χ4v) is 2.52. The molecule has 1 amide bonds. The third-order valence-electron chi connectivity index (χ3n) is 3.14. The Hall–Kier alpha value is -2.54. The molecule has 6 nitrogen and oxygen atoms in total. The number of phenols is 1. The van der Waals surface area contributed by atoms with Gasteiger partial charge in [-0.15, -0.1) is 0 Å². The molecule has 2 rings (SSSR count). The minimum Gasteiger partial charge on any atom is -0.503 e. The number of hydrazone groups is 1. The summed E-state index contributed by atoms with van der Waals surface area (Å²) in [5.41, 5.74) is 3.51. The maximum atomic E-state index is 12.3. The average Bonchev–Trinajstić information content (AvgIpc) is 2.57. The zero-order valence-corrected chi connectivity index (χ0v) is 15.7. The molecule has 0 spiro atoms. The van der Waals surface area contributed by atoms with E-state index in [4.69, 9.17) is 9.47 Å². The fraction of sp³-hybridized carbons (Fsp3) is 0.222. The highest BCUT2D eigenvalue weighted by atomic mass is 79.9. The van der Waals surface area contributed by atoms with Crippen LogP contribution < -0.4 is 14.9 Å². The largest absolute Gasteiger partial charge is 0.503 e. The molecule has 7 heteroatoms. The van der Waals surface area contributed by atoms with Crippen LogP contribution in [0.15, 0.2) is 46.0 Å². The second-order valence-electron chi connectivity index (χ2n) is 5.42. The number of carbonyl (C=O) groups excluding carboxylic acids is 1. The van der Waals surface area contributed by atoms with Crippen LogP contribution in [-0.2, 0) is 0 Å². The van der Waals surface area contributed by atoms with Crippen molar-refractivity contribution >= 4 is 28.1 Å². The van der Waals surface area contributed by atoms with Gasteiger partial charge in [0.05, 0.1) is 29.5 Å². The standard InChI is InChI=1S/C18H19BrN2O4/c1-11(2)25-15-7-5-4-6-13(15)18(23)21-20-10-12-8-14(19)17(22)16(9-12)24-3/h4-11,22H,1-3H3,(H,21,23)/b20-10-. The van der Waals surface area contributed by atoms with E-state index in [9.17, 15) is 9.90 Å². The Morgan fingerprint density at radius 1 is 1.28 bits per heavy atom. The van der Waals surface area contributed by atoms with E-state index in [1.165, 1.54) is 13.3 Å². The minimum absolute atomic E-state index is 0.00319. The molecule has 0 aliphatic carbocycles. The summed E-state index contributed by atoms with van der Waals surface area (Å²) in [4.78, 5) is 12.3. The number of hydrogen-bond acceptors (Lipinski definition) is 5. The van der Waals surface area contributed by atoms with Gasteiger partial charge in [0.25, 0.3) is 5.91 Å². The SMILES string of the molecule is COc1cc(/C=N\NC(=O)c2ccccc2OC(C)C)cc(Br)c1O. The van der Waals surface area contributed by atoms with Gasteiger partial charge < -0.3 is 14.6 Å². The van der Waals surface area contributed by atoms with Gasteiger partial charge in [-0.05, 0) is 59.6 Å². The van der Waals surface area contributed by atoms with Gasteiger partial charge >= 0.3 is 0 Å². The van der Waals surface area contributed by atoms with Crippen LogP contribution >= 0.6 is 15.9 Å². The zero-order valence-electron chi connectivity index (χ0n) is 14.1. The normalized spacial score (nSPS) is 10.9. The van der Waals surface area contributed by atoms with Crippen LogP contribution in [0.3, 0.4) is 0 Å². The summed E-state index contributed by atoms with van der Waals surface area (Å²) in [6.07, 6.45) is 1.41. The van der Waals surface area contributed by atoms with Gasteiger partial charge in [-0.3, -0.25) is 4.79 Å². The van der Waals surface area contributed by atoms with Crippen LogP contribution in [0.5, 0.6) is 17.2 Å². The highest BCUT2D eigenvalue weighted by Crippen LogP contribution is 2.34. The summed E-state index contributed by atoms with van der Waals surface area (Å²) < 4.78 is 11.2. The third kappa shape index (κ3) is 4.96. The number of halogens is 1. The zero-order chi connectivity index (χ0) is 18.4. The van der Waals surface area contributed by atoms with E-state index in [1.807, 2.05) is 13.8 Å². The molecule has 0 fully saturated rings. The number of nitrogens with zero attached hydrogens (tertiary/aromatic N) is 1. The molecule has 0 unspecified atom stereocenters. The second-order valence-corrected chi connectivity index (χ2v) is 6.27. The van der Waals surface area contributed by atoms with Gasteiger partial charge in [-0.2, -0.15) is 5.10 Å². The number of para-hydroxylation sites is 1. The van der Waals surface area contributed by atoms with Crippen LogP contribution in [0.2, 0.25) is 0 Å². The first-order valence-corrected chi connectivity index (χ1v) is 8.37. The van der Waals surface area contributed by atoms with Crippen LogP contribution in [0.1, 0.15) is 29.8 Å². The molecular formula is C18H19BrN2O4. The number of rotatable bonds is 6. The molecule has 2 N–H and O–H groups in total. The van der Waals surface area contributed by atoms with Gasteiger partial charge in [0.15, 0.2) is 11.5 Å². The van der Waals surface area contributed by atoms with Crippen molar-refractivity contribution in [2.45, 2.75) is 20.0 Å².